The zero-order valence-electron chi connectivity index (χ0n) is 12.2. The number of aliphatic carboxylic acids is 1. The van der Waals surface area contributed by atoms with Crippen LogP contribution in [0.25, 0.3) is 10.9 Å². The summed E-state index contributed by atoms with van der Waals surface area (Å²) in [5.41, 5.74) is 1.20. The minimum atomic E-state index is -0.851. The predicted octanol–water partition coefficient (Wildman–Crippen LogP) is 2.28. The molecule has 1 heterocycles. The molecular formula is C15H19N3O3. The highest BCUT2D eigenvalue weighted by molar-refractivity contribution is 6.04. The summed E-state index contributed by atoms with van der Waals surface area (Å²) >= 11 is 0. The molecule has 1 aromatic carbocycles. The topological polar surface area (TPSA) is 86.3 Å². The molecule has 0 bridgehead atoms. The summed E-state index contributed by atoms with van der Waals surface area (Å²) in [7, 11) is 0. The minimum absolute atomic E-state index is 0.0123. The second-order valence-corrected chi connectivity index (χ2v) is 5.21. The molecule has 2 rings (SSSR count). The zero-order valence-corrected chi connectivity index (χ0v) is 12.2. The fourth-order valence-electron chi connectivity index (χ4n) is 2.26. The molecule has 21 heavy (non-hydrogen) atoms. The predicted molar refractivity (Wildman–Crippen MR) is 79.1 cm³/mol. The van der Waals surface area contributed by atoms with E-state index in [0.29, 0.717) is 18.7 Å². The number of fused-ring (bicyclic) bond motifs is 1. The number of aromatic nitrogens is 2. The fraction of sp³-hybridized carbons (Fsp3) is 0.400. The zero-order chi connectivity index (χ0) is 15.4. The molecule has 2 aromatic rings. The van der Waals surface area contributed by atoms with Gasteiger partial charge < -0.3 is 10.0 Å². The van der Waals surface area contributed by atoms with Crippen LogP contribution in [-0.4, -0.2) is 44.7 Å². The van der Waals surface area contributed by atoms with E-state index in [1.165, 1.54) is 0 Å². The minimum Gasteiger partial charge on any atom is -0.481 e. The second kappa shape index (κ2) is 6.39. The Morgan fingerprint density at radius 3 is 2.71 bits per heavy atom. The monoisotopic (exact) mass is 289 g/mol. The van der Waals surface area contributed by atoms with Crippen molar-refractivity contribution in [3.63, 3.8) is 0 Å². The van der Waals surface area contributed by atoms with Crippen molar-refractivity contribution in [2.75, 3.05) is 6.54 Å². The van der Waals surface area contributed by atoms with Crippen LogP contribution < -0.4 is 0 Å². The van der Waals surface area contributed by atoms with Crippen molar-refractivity contribution in [1.29, 1.82) is 0 Å². The molecule has 0 fully saturated rings. The number of hydrogen-bond acceptors (Lipinski definition) is 3. The molecule has 0 saturated heterocycles. The Morgan fingerprint density at radius 2 is 2.05 bits per heavy atom. The van der Waals surface area contributed by atoms with Crippen LogP contribution >= 0.6 is 0 Å². The smallest absolute Gasteiger partial charge is 0.303 e. The lowest BCUT2D eigenvalue weighted by Crippen LogP contribution is -2.38. The first kappa shape index (κ1) is 15.0. The lowest BCUT2D eigenvalue weighted by Gasteiger charge is -2.25. The van der Waals surface area contributed by atoms with Gasteiger partial charge >= 0.3 is 5.97 Å². The van der Waals surface area contributed by atoms with Gasteiger partial charge in [-0.1, -0.05) is 18.2 Å². The Kier molecular flexibility index (Phi) is 4.57. The largest absolute Gasteiger partial charge is 0.481 e. The second-order valence-electron chi connectivity index (χ2n) is 5.21. The number of para-hydroxylation sites is 1. The molecule has 1 aromatic heterocycles. The van der Waals surface area contributed by atoms with Gasteiger partial charge in [0.25, 0.3) is 5.91 Å². The highest BCUT2D eigenvalue weighted by Crippen LogP contribution is 2.18. The number of carboxylic acids is 1. The van der Waals surface area contributed by atoms with Crippen molar-refractivity contribution >= 4 is 22.8 Å². The molecule has 0 aliphatic heterocycles. The van der Waals surface area contributed by atoms with Crippen molar-refractivity contribution < 1.29 is 14.7 Å². The average molecular weight is 289 g/mol. The molecule has 1 amide bonds. The molecule has 0 radical (unpaired) electrons. The van der Waals surface area contributed by atoms with Crippen LogP contribution in [0, 0.1) is 0 Å². The number of aromatic amines is 1. The number of benzene rings is 1. The number of hydrogen-bond donors (Lipinski definition) is 2. The van der Waals surface area contributed by atoms with Crippen LogP contribution in [0.15, 0.2) is 24.3 Å². The third-order valence-electron chi connectivity index (χ3n) is 3.35. The summed E-state index contributed by atoms with van der Waals surface area (Å²) in [6, 6.07) is 7.44. The van der Waals surface area contributed by atoms with E-state index in [0.717, 1.165) is 10.9 Å². The van der Waals surface area contributed by atoms with Crippen LogP contribution in [-0.2, 0) is 4.79 Å². The van der Waals surface area contributed by atoms with Gasteiger partial charge in [0.2, 0.25) is 0 Å². The molecule has 0 aliphatic rings. The highest BCUT2D eigenvalue weighted by atomic mass is 16.4. The van der Waals surface area contributed by atoms with E-state index in [1.54, 1.807) is 4.90 Å². The van der Waals surface area contributed by atoms with Crippen molar-refractivity contribution in [3.8, 4) is 0 Å². The average Bonchev–Trinajstić information content (AvgIpc) is 2.86. The van der Waals surface area contributed by atoms with Crippen molar-refractivity contribution in [2.24, 2.45) is 0 Å². The summed E-state index contributed by atoms with van der Waals surface area (Å²) in [5.74, 6) is -1.02. The Bertz CT molecular complexity index is 648. The maximum atomic E-state index is 12.6. The number of rotatable bonds is 6. The molecule has 6 heteroatoms. The summed E-state index contributed by atoms with van der Waals surface area (Å²) < 4.78 is 0. The first-order valence-electron chi connectivity index (χ1n) is 6.96. The molecule has 2 N–H and O–H groups in total. The molecule has 0 spiro atoms. The van der Waals surface area contributed by atoms with E-state index in [-0.39, 0.29) is 18.4 Å². The van der Waals surface area contributed by atoms with E-state index in [9.17, 15) is 9.59 Å². The number of carboxylic acid groups (broad SMARTS) is 1. The van der Waals surface area contributed by atoms with Gasteiger partial charge in [-0.25, -0.2) is 0 Å². The molecule has 6 nitrogen and oxygen atoms in total. The van der Waals surface area contributed by atoms with Gasteiger partial charge in [0.15, 0.2) is 5.69 Å². The van der Waals surface area contributed by atoms with E-state index < -0.39 is 5.97 Å². The lowest BCUT2D eigenvalue weighted by molar-refractivity contribution is -0.137. The molecule has 0 aliphatic carbocycles. The van der Waals surface area contributed by atoms with E-state index >= 15 is 0 Å². The van der Waals surface area contributed by atoms with Crippen molar-refractivity contribution in [2.45, 2.75) is 32.7 Å². The summed E-state index contributed by atoms with van der Waals surface area (Å²) in [6.45, 7) is 4.23. The van der Waals surface area contributed by atoms with Crippen molar-refractivity contribution in [3.05, 3.63) is 30.0 Å². The van der Waals surface area contributed by atoms with Gasteiger partial charge in [-0.2, -0.15) is 5.10 Å². The quantitative estimate of drug-likeness (QED) is 0.854. The third-order valence-corrected chi connectivity index (χ3v) is 3.35. The maximum Gasteiger partial charge on any atom is 0.303 e. The van der Waals surface area contributed by atoms with E-state index in [4.69, 9.17) is 5.11 Å². The van der Waals surface area contributed by atoms with E-state index in [1.807, 2.05) is 38.1 Å². The number of nitrogens with zero attached hydrogens (tertiary/aromatic N) is 2. The Hall–Kier alpha value is -2.37. The summed E-state index contributed by atoms with van der Waals surface area (Å²) in [6.07, 6.45) is 0.486. The van der Waals surface area contributed by atoms with Gasteiger partial charge in [-0.3, -0.25) is 14.7 Å². The van der Waals surface area contributed by atoms with Crippen LogP contribution in [0.3, 0.4) is 0 Å². The van der Waals surface area contributed by atoms with Crippen LogP contribution in [0.2, 0.25) is 0 Å². The number of nitrogens with one attached hydrogen (secondary N) is 1. The SMILES string of the molecule is CC(C)N(CCCC(=O)O)C(=O)c1n[nH]c2ccccc12. The standard InChI is InChI=1S/C15H19N3O3/c1-10(2)18(9-5-8-13(19)20)15(21)14-11-6-3-4-7-12(11)16-17-14/h3-4,6-7,10H,5,8-9H2,1-2H3,(H,16,17)(H,19,20). The number of H-pyrrole nitrogens is 1. The molecule has 0 saturated carbocycles. The first-order valence-corrected chi connectivity index (χ1v) is 6.96. The molecule has 112 valence electrons. The summed E-state index contributed by atoms with van der Waals surface area (Å²) in [5, 5.41) is 16.4. The van der Waals surface area contributed by atoms with Gasteiger partial charge in [-0.05, 0) is 26.3 Å². The van der Waals surface area contributed by atoms with Crippen molar-refractivity contribution in [1.82, 2.24) is 15.1 Å². The normalized spacial score (nSPS) is 11.0. The van der Waals surface area contributed by atoms with Gasteiger partial charge in [0.05, 0.1) is 5.52 Å². The number of carbonyl (C=O) groups is 2. The number of carbonyl (C=O) groups excluding carboxylic acids is 1. The van der Waals surface area contributed by atoms with Gasteiger partial charge in [0, 0.05) is 24.4 Å². The number of amides is 1. The Balaban J connectivity index is 2.20. The Morgan fingerprint density at radius 1 is 1.33 bits per heavy atom. The fourth-order valence-corrected chi connectivity index (χ4v) is 2.26. The molecule has 0 unspecified atom stereocenters. The van der Waals surface area contributed by atoms with Crippen LogP contribution in [0.5, 0.6) is 0 Å². The van der Waals surface area contributed by atoms with Gasteiger partial charge in [0.1, 0.15) is 0 Å². The maximum absolute atomic E-state index is 12.6. The summed E-state index contributed by atoms with van der Waals surface area (Å²) in [4.78, 5) is 24.9. The molecular weight excluding hydrogens is 270 g/mol. The highest BCUT2D eigenvalue weighted by Gasteiger charge is 2.22. The Labute approximate surface area is 122 Å². The van der Waals surface area contributed by atoms with Crippen LogP contribution in [0.1, 0.15) is 37.2 Å². The third kappa shape index (κ3) is 3.39. The first-order chi connectivity index (χ1) is 10.0. The van der Waals surface area contributed by atoms with Crippen LogP contribution in [0.4, 0.5) is 0 Å². The lowest BCUT2D eigenvalue weighted by atomic mass is 10.1. The van der Waals surface area contributed by atoms with Gasteiger partial charge in [-0.15, -0.1) is 0 Å². The molecule has 0 atom stereocenters. The van der Waals surface area contributed by atoms with E-state index in [2.05, 4.69) is 10.2 Å².